The molecule has 2 aromatic heterocycles. The molecule has 4 aromatic rings. The van der Waals surface area contributed by atoms with Gasteiger partial charge in [0.2, 0.25) is 5.91 Å². The minimum atomic E-state index is -0.231. The summed E-state index contributed by atoms with van der Waals surface area (Å²) in [5.74, 6) is 0.418. The smallest absolute Gasteiger partial charge is 0.272 e. The number of hydrogen-bond acceptors (Lipinski definition) is 6. The van der Waals surface area contributed by atoms with Crippen LogP contribution >= 0.6 is 11.3 Å². The molecule has 0 atom stereocenters. The Kier molecular flexibility index (Phi) is 7.13. The summed E-state index contributed by atoms with van der Waals surface area (Å²) in [7, 11) is 0. The van der Waals surface area contributed by atoms with Crippen LogP contribution in [-0.2, 0) is 11.2 Å². The second kappa shape index (κ2) is 10.6. The average Bonchev–Trinajstić information content (AvgIpc) is 3.42. The summed E-state index contributed by atoms with van der Waals surface area (Å²) in [6.45, 7) is 7.75. The predicted molar refractivity (Wildman–Crippen MR) is 146 cm³/mol. The number of rotatable bonds is 7. The minimum Gasteiger partial charge on any atom is -0.372 e. The molecule has 2 aromatic carbocycles. The third-order valence-electron chi connectivity index (χ3n) is 7.10. The standard InChI is InChI=1S/C28H31N5O2S/c1-3-32(4-2)21-11-9-19(10-12-21)25-18-36-28(29-25)20-13-15-33(16-14-20)26(34)17-24-22-7-5-6-8-23(22)27(35)31-30-24/h5-12,18,20H,3-4,13-17H2,1-2H3,(H,31,35). The molecule has 1 aliphatic heterocycles. The molecule has 8 heteroatoms. The van der Waals surface area contributed by atoms with Gasteiger partial charge in [-0.1, -0.05) is 30.3 Å². The zero-order valence-electron chi connectivity index (χ0n) is 20.7. The Morgan fingerprint density at radius 2 is 1.75 bits per heavy atom. The van der Waals surface area contributed by atoms with Crippen molar-refractivity contribution < 1.29 is 4.79 Å². The molecular formula is C28H31N5O2S. The Morgan fingerprint density at radius 1 is 1.06 bits per heavy atom. The van der Waals surface area contributed by atoms with E-state index in [0.717, 1.165) is 47.6 Å². The Labute approximate surface area is 214 Å². The number of aromatic nitrogens is 3. The number of benzene rings is 2. The Hall–Kier alpha value is -3.52. The van der Waals surface area contributed by atoms with E-state index in [-0.39, 0.29) is 17.9 Å². The van der Waals surface area contributed by atoms with Crippen LogP contribution in [0.4, 0.5) is 5.69 Å². The molecular weight excluding hydrogens is 470 g/mol. The van der Waals surface area contributed by atoms with E-state index in [4.69, 9.17) is 4.98 Å². The summed E-state index contributed by atoms with van der Waals surface area (Å²) >= 11 is 1.72. The van der Waals surface area contributed by atoms with Gasteiger partial charge < -0.3 is 9.80 Å². The van der Waals surface area contributed by atoms with E-state index in [1.165, 1.54) is 5.69 Å². The van der Waals surface area contributed by atoms with Crippen molar-refractivity contribution in [2.24, 2.45) is 0 Å². The lowest BCUT2D eigenvalue weighted by molar-refractivity contribution is -0.131. The van der Waals surface area contributed by atoms with Gasteiger partial charge in [-0.2, -0.15) is 5.10 Å². The predicted octanol–water partition coefficient (Wildman–Crippen LogP) is 4.84. The topological polar surface area (TPSA) is 82.2 Å². The van der Waals surface area contributed by atoms with Gasteiger partial charge in [0, 0.05) is 54.1 Å². The van der Waals surface area contributed by atoms with Gasteiger partial charge in [-0.15, -0.1) is 11.3 Å². The highest BCUT2D eigenvalue weighted by Gasteiger charge is 2.26. The molecule has 7 nitrogen and oxygen atoms in total. The molecule has 5 rings (SSSR count). The summed E-state index contributed by atoms with van der Waals surface area (Å²) < 4.78 is 0. The fourth-order valence-corrected chi connectivity index (χ4v) is 5.98. The fraction of sp³-hybridized carbons (Fsp3) is 0.357. The van der Waals surface area contributed by atoms with Crippen molar-refractivity contribution in [3.8, 4) is 11.3 Å². The van der Waals surface area contributed by atoms with E-state index >= 15 is 0 Å². The van der Waals surface area contributed by atoms with Gasteiger partial charge in [-0.25, -0.2) is 10.1 Å². The number of hydrogen-bond donors (Lipinski definition) is 1. The lowest BCUT2D eigenvalue weighted by atomic mass is 9.97. The maximum Gasteiger partial charge on any atom is 0.272 e. The number of likely N-dealkylation sites (tertiary alicyclic amines) is 1. The van der Waals surface area contributed by atoms with E-state index in [1.54, 1.807) is 17.4 Å². The van der Waals surface area contributed by atoms with Gasteiger partial charge in [0.25, 0.3) is 5.56 Å². The lowest BCUT2D eigenvalue weighted by Gasteiger charge is -2.31. The molecule has 0 unspecified atom stereocenters. The van der Waals surface area contributed by atoms with Crippen LogP contribution in [0, 0.1) is 0 Å². The molecule has 0 aliphatic carbocycles. The van der Waals surface area contributed by atoms with Crippen LogP contribution in [-0.4, -0.2) is 52.2 Å². The minimum absolute atomic E-state index is 0.0475. The molecule has 1 N–H and O–H groups in total. The number of thiazole rings is 1. The van der Waals surface area contributed by atoms with Crippen molar-refractivity contribution in [1.82, 2.24) is 20.1 Å². The molecule has 0 radical (unpaired) electrons. The van der Waals surface area contributed by atoms with Crippen LogP contribution in [0.3, 0.4) is 0 Å². The van der Waals surface area contributed by atoms with Crippen LogP contribution in [0.25, 0.3) is 22.0 Å². The third kappa shape index (κ3) is 4.91. The van der Waals surface area contributed by atoms with Gasteiger partial charge in [-0.3, -0.25) is 9.59 Å². The van der Waals surface area contributed by atoms with Crippen LogP contribution in [0.15, 0.2) is 58.7 Å². The van der Waals surface area contributed by atoms with E-state index in [9.17, 15) is 9.59 Å². The van der Waals surface area contributed by atoms with Crippen molar-refractivity contribution >= 4 is 33.7 Å². The number of aromatic amines is 1. The summed E-state index contributed by atoms with van der Waals surface area (Å²) in [5.41, 5.74) is 3.79. The molecule has 1 aliphatic rings. The average molecular weight is 502 g/mol. The molecule has 186 valence electrons. The monoisotopic (exact) mass is 501 g/mol. The van der Waals surface area contributed by atoms with E-state index in [2.05, 4.69) is 58.6 Å². The Bertz CT molecular complexity index is 1400. The third-order valence-corrected chi connectivity index (χ3v) is 8.11. The molecule has 3 heterocycles. The van der Waals surface area contributed by atoms with Gasteiger partial charge in [0.1, 0.15) is 0 Å². The van der Waals surface area contributed by atoms with Gasteiger partial charge in [-0.05, 0) is 44.9 Å². The number of nitrogens with zero attached hydrogens (tertiary/aromatic N) is 4. The van der Waals surface area contributed by atoms with Crippen LogP contribution in [0.2, 0.25) is 0 Å². The first-order chi connectivity index (χ1) is 17.6. The van der Waals surface area contributed by atoms with Gasteiger partial charge in [0.15, 0.2) is 0 Å². The summed E-state index contributed by atoms with van der Waals surface area (Å²) in [5, 5.41) is 11.3. The zero-order valence-corrected chi connectivity index (χ0v) is 21.6. The molecule has 0 spiro atoms. The highest BCUT2D eigenvalue weighted by atomic mass is 32.1. The highest BCUT2D eigenvalue weighted by Crippen LogP contribution is 2.33. The summed E-state index contributed by atoms with van der Waals surface area (Å²) in [4.78, 5) is 34.3. The first kappa shape index (κ1) is 24.2. The first-order valence-corrected chi connectivity index (χ1v) is 13.5. The largest absolute Gasteiger partial charge is 0.372 e. The number of piperidine rings is 1. The fourth-order valence-electron chi connectivity index (χ4n) is 4.98. The van der Waals surface area contributed by atoms with Gasteiger partial charge in [0.05, 0.1) is 28.2 Å². The molecule has 0 bridgehead atoms. The summed E-state index contributed by atoms with van der Waals surface area (Å²) in [6.07, 6.45) is 1.99. The second-order valence-corrected chi connectivity index (χ2v) is 10.1. The molecule has 36 heavy (non-hydrogen) atoms. The van der Waals surface area contributed by atoms with Crippen molar-refractivity contribution in [2.45, 2.75) is 39.0 Å². The number of anilines is 1. The molecule has 1 fully saturated rings. The lowest BCUT2D eigenvalue weighted by Crippen LogP contribution is -2.39. The van der Waals surface area contributed by atoms with Crippen molar-refractivity contribution in [3.05, 3.63) is 75.0 Å². The number of H-pyrrole nitrogens is 1. The SMILES string of the molecule is CCN(CC)c1ccc(-c2csc(C3CCN(C(=O)Cc4n[nH]c(=O)c5ccccc45)CC3)n2)cc1. The van der Waals surface area contributed by atoms with Crippen molar-refractivity contribution in [3.63, 3.8) is 0 Å². The number of nitrogens with one attached hydrogen (secondary N) is 1. The number of fused-ring (bicyclic) bond motifs is 1. The zero-order chi connectivity index (χ0) is 25.1. The van der Waals surface area contributed by atoms with E-state index in [0.29, 0.717) is 30.1 Å². The van der Waals surface area contributed by atoms with Crippen LogP contribution in [0.1, 0.15) is 43.3 Å². The normalized spacial score (nSPS) is 14.3. The van der Waals surface area contributed by atoms with E-state index < -0.39 is 0 Å². The Balaban J connectivity index is 1.21. The highest BCUT2D eigenvalue weighted by molar-refractivity contribution is 7.10. The number of carbonyl (C=O) groups excluding carboxylic acids is 1. The van der Waals surface area contributed by atoms with E-state index in [1.807, 2.05) is 23.1 Å². The maximum atomic E-state index is 13.0. The first-order valence-electron chi connectivity index (χ1n) is 12.6. The van der Waals surface area contributed by atoms with Crippen LogP contribution < -0.4 is 10.5 Å². The molecule has 0 saturated carbocycles. The number of amides is 1. The second-order valence-electron chi connectivity index (χ2n) is 9.17. The summed E-state index contributed by atoms with van der Waals surface area (Å²) in [6, 6.07) is 16.0. The van der Waals surface area contributed by atoms with Crippen LogP contribution in [0.5, 0.6) is 0 Å². The number of carbonyl (C=O) groups is 1. The quantitative estimate of drug-likeness (QED) is 0.392. The molecule has 1 saturated heterocycles. The maximum absolute atomic E-state index is 13.0. The van der Waals surface area contributed by atoms with Crippen molar-refractivity contribution in [2.75, 3.05) is 31.1 Å². The van der Waals surface area contributed by atoms with Crippen molar-refractivity contribution in [1.29, 1.82) is 0 Å². The van der Waals surface area contributed by atoms with Gasteiger partial charge >= 0.3 is 0 Å². The Morgan fingerprint density at radius 3 is 2.44 bits per heavy atom. The molecule has 1 amide bonds.